The van der Waals surface area contributed by atoms with Crippen molar-refractivity contribution >= 4 is 29.4 Å². The lowest BCUT2D eigenvalue weighted by Gasteiger charge is -2.26. The van der Waals surface area contributed by atoms with E-state index in [4.69, 9.17) is 4.74 Å². The first-order valence-electron chi connectivity index (χ1n) is 9.32. The van der Waals surface area contributed by atoms with Crippen molar-refractivity contribution in [2.24, 2.45) is 11.8 Å². The monoisotopic (exact) mass is 405 g/mol. The maximum atomic E-state index is 14.0. The van der Waals surface area contributed by atoms with Gasteiger partial charge in [0.05, 0.1) is 18.8 Å². The van der Waals surface area contributed by atoms with Crippen molar-refractivity contribution < 1.29 is 38.7 Å². The smallest absolute Gasteiger partial charge is 0.291 e. The quantitative estimate of drug-likeness (QED) is 0.512. The molecule has 3 N–H and O–H groups in total. The summed E-state index contributed by atoms with van der Waals surface area (Å²) >= 11 is 0. The Morgan fingerprint density at radius 1 is 1.34 bits per heavy atom. The maximum Gasteiger partial charge on any atom is 0.291 e. The van der Waals surface area contributed by atoms with Crippen molar-refractivity contribution in [2.75, 3.05) is 25.6 Å². The van der Waals surface area contributed by atoms with Gasteiger partial charge in [0.15, 0.2) is 0 Å². The predicted molar refractivity (Wildman–Crippen MR) is 92.2 cm³/mol. The molecule has 154 valence electrons. The average Bonchev–Trinajstić information content (AvgIpc) is 3.24. The molecule has 2 fully saturated rings. The number of halogens is 1. The molecule has 0 unspecified atom stereocenters. The van der Waals surface area contributed by atoms with E-state index in [1.807, 2.05) is 0 Å². The second kappa shape index (κ2) is 6.89. The first-order valence-corrected chi connectivity index (χ1v) is 9.32. The fraction of sp³-hybridized carbons (Fsp3) is 0.474. The Balaban J connectivity index is 1.81. The number of anilines is 1. The highest BCUT2D eigenvalue weighted by atomic mass is 19.1. The van der Waals surface area contributed by atoms with Gasteiger partial charge in [-0.2, -0.15) is 0 Å². The number of benzene rings is 1. The summed E-state index contributed by atoms with van der Waals surface area (Å²) < 4.78 is 19.0. The molecule has 0 radical (unpaired) electrons. The van der Waals surface area contributed by atoms with E-state index in [2.05, 4.69) is 5.32 Å². The zero-order valence-electron chi connectivity index (χ0n) is 15.6. The lowest BCUT2D eigenvalue weighted by Crippen LogP contribution is -2.99. The van der Waals surface area contributed by atoms with E-state index in [0.717, 1.165) is 4.90 Å². The summed E-state index contributed by atoms with van der Waals surface area (Å²) in [5, 5.41) is 15.2. The molecule has 1 aromatic carbocycles. The number of amides is 3. The fourth-order valence-corrected chi connectivity index (χ4v) is 4.95. The lowest BCUT2D eigenvalue weighted by atomic mass is 9.76. The molecule has 0 bridgehead atoms. The van der Waals surface area contributed by atoms with Crippen LogP contribution in [-0.2, 0) is 29.5 Å². The fourth-order valence-electron chi connectivity index (χ4n) is 4.95. The Morgan fingerprint density at radius 3 is 2.79 bits per heavy atom. The summed E-state index contributed by atoms with van der Waals surface area (Å²) in [7, 11) is 1.44. The van der Waals surface area contributed by atoms with Crippen molar-refractivity contribution in [3.63, 3.8) is 0 Å². The molecule has 3 amide bonds. The second-order valence-electron chi connectivity index (χ2n) is 7.58. The van der Waals surface area contributed by atoms with Crippen LogP contribution in [0.1, 0.15) is 18.4 Å². The number of likely N-dealkylation sites (tertiary alicyclic amines) is 1. The van der Waals surface area contributed by atoms with Crippen molar-refractivity contribution in [1.29, 1.82) is 0 Å². The van der Waals surface area contributed by atoms with E-state index >= 15 is 0 Å². The molecule has 29 heavy (non-hydrogen) atoms. The SMILES string of the molecule is COCCN1C(=O)[C@@H]2[C@H](CCC(=O)[O-])[NH2+][C@]3(C(=O)Nc4ccc(F)cc43)[C@@H]2C1=O. The molecular weight excluding hydrogens is 385 g/mol. The minimum absolute atomic E-state index is 0.0298. The first kappa shape index (κ1) is 19.5. The number of nitrogens with two attached hydrogens (primary N) is 1. The van der Waals surface area contributed by atoms with Crippen LogP contribution in [0, 0.1) is 17.7 Å². The predicted octanol–water partition coefficient (Wildman–Crippen LogP) is -2.30. The Hall–Kier alpha value is -2.85. The second-order valence-corrected chi connectivity index (χ2v) is 7.58. The molecular formula is C19H20FN3O6. The highest BCUT2D eigenvalue weighted by molar-refractivity contribution is 6.13. The maximum absolute atomic E-state index is 14.0. The summed E-state index contributed by atoms with van der Waals surface area (Å²) in [6.07, 6.45) is -0.280. The third kappa shape index (κ3) is 2.74. The molecule has 9 nitrogen and oxygen atoms in total. The third-order valence-corrected chi connectivity index (χ3v) is 6.12. The molecule has 4 atom stereocenters. The van der Waals surface area contributed by atoms with Crippen LogP contribution in [-0.4, -0.2) is 54.9 Å². The summed E-state index contributed by atoms with van der Waals surface area (Å²) in [6.45, 7) is 0.164. The number of rotatable bonds is 6. The lowest BCUT2D eigenvalue weighted by molar-refractivity contribution is -0.734. The number of nitrogens with zero attached hydrogens (tertiary/aromatic N) is 1. The highest BCUT2D eigenvalue weighted by Gasteiger charge is 2.74. The van der Waals surface area contributed by atoms with Gasteiger partial charge < -0.3 is 25.3 Å². The van der Waals surface area contributed by atoms with Gasteiger partial charge in [-0.3, -0.25) is 19.3 Å². The summed E-state index contributed by atoms with van der Waals surface area (Å²) in [5.41, 5.74) is -0.849. The van der Waals surface area contributed by atoms with E-state index in [9.17, 15) is 28.7 Å². The van der Waals surface area contributed by atoms with Crippen molar-refractivity contribution in [3.05, 3.63) is 29.6 Å². The molecule has 2 saturated heterocycles. The van der Waals surface area contributed by atoms with E-state index in [1.54, 1.807) is 5.32 Å². The van der Waals surface area contributed by atoms with Gasteiger partial charge in [0, 0.05) is 25.1 Å². The van der Waals surface area contributed by atoms with E-state index in [0.29, 0.717) is 11.3 Å². The van der Waals surface area contributed by atoms with Gasteiger partial charge in [-0.25, -0.2) is 4.39 Å². The number of carbonyl (C=O) groups is 4. The number of aliphatic carboxylic acids is 1. The number of quaternary nitrogens is 1. The number of nitrogens with one attached hydrogen (secondary N) is 1. The standard InChI is InChI=1S/C19H20FN3O6/c1-29-7-6-23-16(26)14-12(4-5-13(24)25)22-19(15(14)17(23)27)10-8-9(20)2-3-11(10)21-18(19)28/h2-3,8,12,14-15,22H,4-7H2,1H3,(H,21,28)(H,24,25)/t12-,14+,15-,19-/m0/s1. The number of carboxylic acids is 1. The number of carbonyl (C=O) groups excluding carboxylic acids is 4. The van der Waals surface area contributed by atoms with Gasteiger partial charge >= 0.3 is 0 Å². The number of hydrogen-bond acceptors (Lipinski definition) is 6. The molecule has 1 aromatic rings. The molecule has 3 heterocycles. The molecule has 1 spiro atoms. The molecule has 0 saturated carbocycles. The van der Waals surface area contributed by atoms with Gasteiger partial charge in [0.1, 0.15) is 23.7 Å². The molecule has 0 aromatic heterocycles. The number of imide groups is 1. The van der Waals surface area contributed by atoms with Gasteiger partial charge in [0.25, 0.3) is 5.91 Å². The minimum atomic E-state index is -1.52. The normalized spacial score (nSPS) is 30.1. The van der Waals surface area contributed by atoms with Crippen LogP contribution in [0.2, 0.25) is 0 Å². The summed E-state index contributed by atoms with van der Waals surface area (Å²) in [5.74, 6) is -5.32. The number of hydrogen-bond donors (Lipinski definition) is 2. The van der Waals surface area contributed by atoms with Gasteiger partial charge in [-0.05, 0) is 24.6 Å². The molecule has 4 rings (SSSR count). The Morgan fingerprint density at radius 2 is 2.10 bits per heavy atom. The van der Waals surface area contributed by atoms with Crippen LogP contribution in [0.5, 0.6) is 0 Å². The number of carboxylic acid groups (broad SMARTS) is 1. The zero-order valence-corrected chi connectivity index (χ0v) is 15.6. The number of fused-ring (bicyclic) bond motifs is 4. The Kier molecular flexibility index (Phi) is 4.62. The van der Waals surface area contributed by atoms with Crippen LogP contribution in [0.3, 0.4) is 0 Å². The average molecular weight is 405 g/mol. The number of methoxy groups -OCH3 is 1. The highest BCUT2D eigenvalue weighted by Crippen LogP contribution is 2.49. The van der Waals surface area contributed by atoms with Crippen LogP contribution in [0.15, 0.2) is 18.2 Å². The van der Waals surface area contributed by atoms with Crippen LogP contribution in [0.25, 0.3) is 0 Å². The van der Waals surface area contributed by atoms with Gasteiger partial charge in [-0.1, -0.05) is 0 Å². The van der Waals surface area contributed by atoms with Gasteiger partial charge in [0.2, 0.25) is 17.4 Å². The third-order valence-electron chi connectivity index (χ3n) is 6.12. The number of ether oxygens (including phenoxy) is 1. The van der Waals surface area contributed by atoms with Crippen LogP contribution < -0.4 is 15.7 Å². The van der Waals surface area contributed by atoms with Gasteiger partial charge in [-0.15, -0.1) is 0 Å². The topological polar surface area (TPSA) is 132 Å². The summed E-state index contributed by atoms with van der Waals surface area (Å²) in [4.78, 5) is 51.4. The zero-order chi connectivity index (χ0) is 20.9. The Bertz CT molecular complexity index is 921. The first-order chi connectivity index (χ1) is 13.8. The molecule has 3 aliphatic heterocycles. The molecule has 3 aliphatic rings. The van der Waals surface area contributed by atoms with Crippen molar-refractivity contribution in [1.82, 2.24) is 4.90 Å². The Labute approximate surface area is 165 Å². The van der Waals surface area contributed by atoms with Crippen LogP contribution >= 0.6 is 0 Å². The molecule has 0 aliphatic carbocycles. The largest absolute Gasteiger partial charge is 0.550 e. The summed E-state index contributed by atoms with van der Waals surface area (Å²) in [6, 6.07) is 3.17. The van der Waals surface area contributed by atoms with Crippen molar-refractivity contribution in [2.45, 2.75) is 24.4 Å². The molecule has 10 heteroatoms. The minimum Gasteiger partial charge on any atom is -0.550 e. The van der Waals surface area contributed by atoms with E-state index in [-0.39, 0.29) is 26.0 Å². The van der Waals surface area contributed by atoms with E-state index in [1.165, 1.54) is 25.3 Å². The van der Waals surface area contributed by atoms with Crippen LogP contribution in [0.4, 0.5) is 10.1 Å². The van der Waals surface area contributed by atoms with Crippen molar-refractivity contribution in [3.8, 4) is 0 Å². The van der Waals surface area contributed by atoms with E-state index < -0.39 is 52.9 Å².